The van der Waals surface area contributed by atoms with Crippen molar-refractivity contribution >= 4 is 17.5 Å². The minimum absolute atomic E-state index is 0.0190. The maximum atomic E-state index is 15.4. The number of carbonyl (C=O) groups excluding carboxylic acids is 1. The fourth-order valence-electron chi connectivity index (χ4n) is 4.42. The number of aryl methyl sites for hydroxylation is 1. The monoisotopic (exact) mass is 425 g/mol. The molecule has 4 rings (SSSR count). The number of nitrogens with one attached hydrogen (secondary N) is 1. The molecule has 4 N–H and O–H groups in total. The first kappa shape index (κ1) is 21.2. The molecule has 2 heterocycles. The zero-order chi connectivity index (χ0) is 22.0. The molecule has 0 spiro atoms. The number of nitrogen functional groups attached to an aromatic ring is 1. The average Bonchev–Trinajstić information content (AvgIpc) is 3.13. The van der Waals surface area contributed by atoms with Crippen LogP contribution in [0.15, 0.2) is 30.5 Å². The van der Waals surface area contributed by atoms with Gasteiger partial charge in [0, 0.05) is 18.3 Å². The number of rotatable bonds is 6. The summed E-state index contributed by atoms with van der Waals surface area (Å²) in [5.41, 5.74) is 7.58. The van der Waals surface area contributed by atoms with Crippen molar-refractivity contribution in [2.45, 2.75) is 51.6 Å². The second-order valence-electron chi connectivity index (χ2n) is 8.32. The van der Waals surface area contributed by atoms with Crippen LogP contribution >= 0.6 is 0 Å². The van der Waals surface area contributed by atoms with Gasteiger partial charge in [-0.05, 0) is 55.4 Å². The lowest BCUT2D eigenvalue weighted by molar-refractivity contribution is 0.0748. The molecule has 1 aromatic carbocycles. The molecule has 31 heavy (non-hydrogen) atoms. The summed E-state index contributed by atoms with van der Waals surface area (Å²) in [6, 6.07) is 6.77. The summed E-state index contributed by atoms with van der Waals surface area (Å²) >= 11 is 0. The molecule has 7 nitrogen and oxygen atoms in total. The summed E-state index contributed by atoms with van der Waals surface area (Å²) in [6.45, 7) is 2.02. The van der Waals surface area contributed by atoms with Crippen molar-refractivity contribution in [3.05, 3.63) is 47.4 Å². The molecule has 1 amide bonds. The van der Waals surface area contributed by atoms with Crippen LogP contribution in [0.2, 0.25) is 0 Å². The molecular weight excluding hydrogens is 397 g/mol. The van der Waals surface area contributed by atoms with Crippen LogP contribution in [0.3, 0.4) is 0 Å². The van der Waals surface area contributed by atoms with E-state index in [1.165, 1.54) is 10.9 Å². The van der Waals surface area contributed by atoms with Crippen LogP contribution < -0.4 is 11.1 Å². The highest BCUT2D eigenvalue weighted by atomic mass is 19.1. The van der Waals surface area contributed by atoms with Crippen LogP contribution in [-0.4, -0.2) is 38.3 Å². The Labute approximate surface area is 180 Å². The molecule has 3 aromatic rings. The van der Waals surface area contributed by atoms with Crippen molar-refractivity contribution in [1.82, 2.24) is 19.9 Å². The average molecular weight is 426 g/mol. The number of nitrogens with zero attached hydrogens (tertiary/aromatic N) is 3. The van der Waals surface area contributed by atoms with Crippen molar-refractivity contribution in [2.24, 2.45) is 5.92 Å². The summed E-state index contributed by atoms with van der Waals surface area (Å²) < 4.78 is 16.9. The van der Waals surface area contributed by atoms with Crippen molar-refractivity contribution < 1.29 is 14.3 Å². The van der Waals surface area contributed by atoms with E-state index in [0.717, 1.165) is 25.7 Å². The number of nitrogens with two attached hydrogens (primary N) is 1. The third kappa shape index (κ3) is 4.54. The Balaban J connectivity index is 1.49. The van der Waals surface area contributed by atoms with Gasteiger partial charge in [-0.1, -0.05) is 31.4 Å². The Kier molecular flexibility index (Phi) is 6.18. The zero-order valence-corrected chi connectivity index (χ0v) is 17.6. The van der Waals surface area contributed by atoms with Gasteiger partial charge in [0.1, 0.15) is 5.82 Å². The van der Waals surface area contributed by atoms with Gasteiger partial charge in [0.2, 0.25) is 5.95 Å². The summed E-state index contributed by atoms with van der Waals surface area (Å²) in [6.07, 6.45) is 7.30. The van der Waals surface area contributed by atoms with Crippen molar-refractivity contribution in [3.63, 3.8) is 0 Å². The zero-order valence-electron chi connectivity index (χ0n) is 17.6. The fraction of sp³-hybridized carbons (Fsp3) is 0.435. The second kappa shape index (κ2) is 9.01. The molecule has 0 saturated heterocycles. The number of halogens is 1. The topological polar surface area (TPSA) is 106 Å². The molecule has 1 aliphatic rings. The number of carbonyl (C=O) groups is 1. The number of anilines is 1. The standard InChI is InChI=1S/C23H28FN5O2/c1-14-7-8-17(16-10-12-29-19(13-16)27-23(25)28-29)21(24)20(14)22(31)26-11-9-18(30)15-5-3-2-4-6-15/h7-8,10,12-13,15,18,30H,2-6,9,11H2,1H3,(H2,25,28)(H,26,31). The van der Waals surface area contributed by atoms with Crippen LogP contribution in [0, 0.1) is 18.7 Å². The third-order valence-electron chi connectivity index (χ3n) is 6.16. The second-order valence-corrected chi connectivity index (χ2v) is 8.32. The Morgan fingerprint density at radius 1 is 1.32 bits per heavy atom. The minimum atomic E-state index is -0.581. The van der Waals surface area contributed by atoms with Gasteiger partial charge in [0.05, 0.1) is 11.7 Å². The number of aromatic nitrogens is 3. The van der Waals surface area contributed by atoms with Gasteiger partial charge < -0.3 is 16.2 Å². The van der Waals surface area contributed by atoms with Gasteiger partial charge in [0.25, 0.3) is 5.91 Å². The maximum absolute atomic E-state index is 15.4. The van der Waals surface area contributed by atoms with Crippen LogP contribution in [0.5, 0.6) is 0 Å². The Hall–Kier alpha value is -3.00. The predicted molar refractivity (Wildman–Crippen MR) is 117 cm³/mol. The number of fused-ring (bicyclic) bond motifs is 1. The molecule has 0 radical (unpaired) electrons. The highest BCUT2D eigenvalue weighted by Crippen LogP contribution is 2.29. The molecule has 1 atom stereocenters. The first-order chi connectivity index (χ1) is 14.9. The minimum Gasteiger partial charge on any atom is -0.393 e. The van der Waals surface area contributed by atoms with E-state index in [0.29, 0.717) is 41.2 Å². The molecular formula is C23H28FN5O2. The van der Waals surface area contributed by atoms with Crippen LogP contribution in [0.4, 0.5) is 10.3 Å². The fourth-order valence-corrected chi connectivity index (χ4v) is 4.42. The van der Waals surface area contributed by atoms with Crippen LogP contribution in [-0.2, 0) is 0 Å². The van der Waals surface area contributed by atoms with Gasteiger partial charge >= 0.3 is 0 Å². The first-order valence-corrected chi connectivity index (χ1v) is 10.8. The van der Waals surface area contributed by atoms with E-state index in [2.05, 4.69) is 15.4 Å². The Morgan fingerprint density at radius 2 is 2.10 bits per heavy atom. The molecule has 0 aliphatic heterocycles. The molecule has 2 aromatic heterocycles. The smallest absolute Gasteiger partial charge is 0.254 e. The summed E-state index contributed by atoms with van der Waals surface area (Å²) in [5.74, 6) is -0.617. The van der Waals surface area contributed by atoms with E-state index in [1.807, 2.05) is 0 Å². The van der Waals surface area contributed by atoms with E-state index in [4.69, 9.17) is 5.73 Å². The van der Waals surface area contributed by atoms with E-state index >= 15 is 4.39 Å². The predicted octanol–water partition coefficient (Wildman–Crippen LogP) is 3.49. The molecule has 0 bridgehead atoms. The van der Waals surface area contributed by atoms with E-state index < -0.39 is 17.8 Å². The van der Waals surface area contributed by atoms with E-state index in [-0.39, 0.29) is 11.5 Å². The highest BCUT2D eigenvalue weighted by Gasteiger charge is 2.23. The van der Waals surface area contributed by atoms with Gasteiger partial charge in [-0.3, -0.25) is 4.79 Å². The van der Waals surface area contributed by atoms with Gasteiger partial charge in [0.15, 0.2) is 5.65 Å². The van der Waals surface area contributed by atoms with Gasteiger partial charge in [-0.2, -0.15) is 4.98 Å². The lowest BCUT2D eigenvalue weighted by Gasteiger charge is -2.26. The normalized spacial score (nSPS) is 15.8. The van der Waals surface area contributed by atoms with Gasteiger partial charge in [-0.15, -0.1) is 5.10 Å². The lowest BCUT2D eigenvalue weighted by atomic mass is 9.84. The quantitative estimate of drug-likeness (QED) is 0.561. The van der Waals surface area contributed by atoms with Crippen molar-refractivity contribution in [3.8, 4) is 11.1 Å². The number of amides is 1. The molecule has 8 heteroatoms. The molecule has 1 aliphatic carbocycles. The summed E-state index contributed by atoms with van der Waals surface area (Å²) in [7, 11) is 0. The number of benzene rings is 1. The SMILES string of the molecule is Cc1ccc(-c2ccn3nc(N)nc3c2)c(F)c1C(=O)NCCC(O)C1CCCCC1. The van der Waals surface area contributed by atoms with Crippen LogP contribution in [0.1, 0.15) is 54.4 Å². The van der Waals surface area contributed by atoms with Crippen molar-refractivity contribution in [1.29, 1.82) is 0 Å². The van der Waals surface area contributed by atoms with E-state index in [1.54, 1.807) is 37.4 Å². The number of pyridine rings is 1. The number of hydrogen-bond donors (Lipinski definition) is 3. The molecule has 164 valence electrons. The molecule has 1 fully saturated rings. The maximum Gasteiger partial charge on any atom is 0.254 e. The summed E-state index contributed by atoms with van der Waals surface area (Å²) in [4.78, 5) is 16.9. The molecule has 1 saturated carbocycles. The third-order valence-corrected chi connectivity index (χ3v) is 6.16. The van der Waals surface area contributed by atoms with Gasteiger partial charge in [-0.25, -0.2) is 8.91 Å². The highest BCUT2D eigenvalue weighted by molar-refractivity contribution is 5.97. The Morgan fingerprint density at radius 3 is 2.87 bits per heavy atom. The summed E-state index contributed by atoms with van der Waals surface area (Å²) in [5, 5.41) is 17.2. The number of hydrogen-bond acceptors (Lipinski definition) is 5. The first-order valence-electron chi connectivity index (χ1n) is 10.8. The lowest BCUT2D eigenvalue weighted by Crippen LogP contribution is -2.31. The Bertz CT molecular complexity index is 1090. The van der Waals surface area contributed by atoms with E-state index in [9.17, 15) is 9.90 Å². The largest absolute Gasteiger partial charge is 0.393 e. The number of aliphatic hydroxyl groups is 1. The number of aliphatic hydroxyl groups excluding tert-OH is 1. The van der Waals surface area contributed by atoms with Crippen molar-refractivity contribution in [2.75, 3.05) is 12.3 Å². The molecule has 1 unspecified atom stereocenters. The van der Waals surface area contributed by atoms with Crippen LogP contribution in [0.25, 0.3) is 16.8 Å².